The quantitative estimate of drug-likeness (QED) is 0.578. The Morgan fingerprint density at radius 3 is 2.44 bits per heavy atom. The molecule has 0 aliphatic carbocycles. The SMILES string of the molecule is CCS(=O)(=O)NCCNc1nc(-c2ccc(OC)cc2)nc2ccccc12. The Hall–Kier alpha value is -2.71. The molecule has 0 spiro atoms. The van der Waals surface area contributed by atoms with Crippen molar-refractivity contribution in [2.45, 2.75) is 6.92 Å². The number of methoxy groups -OCH3 is 1. The smallest absolute Gasteiger partial charge is 0.211 e. The molecule has 0 aliphatic heterocycles. The molecule has 0 amide bonds. The van der Waals surface area contributed by atoms with E-state index in [-0.39, 0.29) is 12.3 Å². The molecule has 1 aromatic heterocycles. The normalized spacial score (nSPS) is 11.5. The van der Waals surface area contributed by atoms with Crippen LogP contribution in [0.2, 0.25) is 0 Å². The van der Waals surface area contributed by atoms with E-state index in [1.807, 2.05) is 48.5 Å². The van der Waals surface area contributed by atoms with Gasteiger partial charge in [-0.15, -0.1) is 0 Å². The molecule has 0 unspecified atom stereocenters. The zero-order chi connectivity index (χ0) is 19.3. The van der Waals surface area contributed by atoms with Crippen molar-refractivity contribution in [2.75, 3.05) is 31.3 Å². The van der Waals surface area contributed by atoms with E-state index in [4.69, 9.17) is 4.74 Å². The predicted octanol–water partition coefficient (Wildman–Crippen LogP) is 2.66. The zero-order valence-electron chi connectivity index (χ0n) is 15.3. The lowest BCUT2D eigenvalue weighted by Crippen LogP contribution is -2.30. The molecule has 0 atom stereocenters. The van der Waals surface area contributed by atoms with Gasteiger partial charge in [-0.25, -0.2) is 23.1 Å². The first-order valence-electron chi connectivity index (χ1n) is 8.65. The fraction of sp³-hybridized carbons (Fsp3) is 0.263. The van der Waals surface area contributed by atoms with Crippen LogP contribution in [0, 0.1) is 0 Å². The molecular formula is C19H22N4O3S. The third-order valence-electron chi connectivity index (χ3n) is 4.07. The average molecular weight is 386 g/mol. The summed E-state index contributed by atoms with van der Waals surface area (Å²) < 4.78 is 30.8. The third-order valence-corrected chi connectivity index (χ3v) is 5.47. The maximum absolute atomic E-state index is 11.5. The predicted molar refractivity (Wildman–Crippen MR) is 107 cm³/mol. The van der Waals surface area contributed by atoms with Gasteiger partial charge in [0.1, 0.15) is 11.6 Å². The molecule has 2 N–H and O–H groups in total. The van der Waals surface area contributed by atoms with Gasteiger partial charge < -0.3 is 10.1 Å². The summed E-state index contributed by atoms with van der Waals surface area (Å²) in [6, 6.07) is 15.2. The summed E-state index contributed by atoms with van der Waals surface area (Å²) in [5.74, 6) is 2.08. The molecule has 0 saturated carbocycles. The average Bonchev–Trinajstić information content (AvgIpc) is 2.71. The van der Waals surface area contributed by atoms with Gasteiger partial charge in [0, 0.05) is 24.0 Å². The Morgan fingerprint density at radius 2 is 1.74 bits per heavy atom. The largest absolute Gasteiger partial charge is 0.497 e. The van der Waals surface area contributed by atoms with E-state index >= 15 is 0 Å². The van der Waals surface area contributed by atoms with Gasteiger partial charge in [-0.05, 0) is 43.3 Å². The van der Waals surface area contributed by atoms with E-state index in [1.165, 1.54) is 0 Å². The van der Waals surface area contributed by atoms with E-state index in [2.05, 4.69) is 20.0 Å². The summed E-state index contributed by atoms with van der Waals surface area (Å²) in [6.45, 7) is 2.31. The third kappa shape index (κ3) is 4.72. The Kier molecular flexibility index (Phi) is 5.88. The highest BCUT2D eigenvalue weighted by Crippen LogP contribution is 2.25. The van der Waals surface area contributed by atoms with Crippen molar-refractivity contribution in [3.63, 3.8) is 0 Å². The van der Waals surface area contributed by atoms with E-state index in [1.54, 1.807) is 14.0 Å². The first-order valence-corrected chi connectivity index (χ1v) is 10.3. The van der Waals surface area contributed by atoms with E-state index < -0.39 is 10.0 Å². The van der Waals surface area contributed by atoms with Crippen LogP contribution >= 0.6 is 0 Å². The summed E-state index contributed by atoms with van der Waals surface area (Å²) in [5, 5.41) is 4.10. The lowest BCUT2D eigenvalue weighted by molar-refractivity contribution is 0.415. The fourth-order valence-electron chi connectivity index (χ4n) is 2.57. The van der Waals surface area contributed by atoms with Crippen molar-refractivity contribution in [3.05, 3.63) is 48.5 Å². The summed E-state index contributed by atoms with van der Waals surface area (Å²) in [6.07, 6.45) is 0. The van der Waals surface area contributed by atoms with Crippen LogP contribution in [0.25, 0.3) is 22.3 Å². The topological polar surface area (TPSA) is 93.2 Å². The summed E-state index contributed by atoms with van der Waals surface area (Å²) >= 11 is 0. The maximum Gasteiger partial charge on any atom is 0.211 e. The highest BCUT2D eigenvalue weighted by molar-refractivity contribution is 7.89. The lowest BCUT2D eigenvalue weighted by atomic mass is 10.1. The van der Waals surface area contributed by atoms with Gasteiger partial charge in [-0.3, -0.25) is 0 Å². The van der Waals surface area contributed by atoms with Crippen molar-refractivity contribution in [1.29, 1.82) is 0 Å². The van der Waals surface area contributed by atoms with Gasteiger partial charge in [-0.2, -0.15) is 0 Å². The molecule has 0 aliphatic rings. The Bertz CT molecular complexity index is 1020. The van der Waals surface area contributed by atoms with Crippen LogP contribution in [-0.2, 0) is 10.0 Å². The van der Waals surface area contributed by atoms with Crippen LogP contribution in [0.5, 0.6) is 5.75 Å². The van der Waals surface area contributed by atoms with Crippen molar-refractivity contribution in [3.8, 4) is 17.1 Å². The molecule has 0 fully saturated rings. The number of para-hydroxylation sites is 1. The minimum Gasteiger partial charge on any atom is -0.497 e. The van der Waals surface area contributed by atoms with Crippen LogP contribution in [0.4, 0.5) is 5.82 Å². The molecule has 0 saturated heterocycles. The first-order chi connectivity index (χ1) is 13.0. The second kappa shape index (κ2) is 8.32. The van der Waals surface area contributed by atoms with Gasteiger partial charge in [0.2, 0.25) is 10.0 Å². The number of aromatic nitrogens is 2. The van der Waals surface area contributed by atoms with Crippen LogP contribution in [0.15, 0.2) is 48.5 Å². The monoisotopic (exact) mass is 386 g/mol. The second-order valence-electron chi connectivity index (χ2n) is 5.87. The standard InChI is InChI=1S/C19H22N4O3S/c1-3-27(24,25)21-13-12-20-19-16-6-4-5-7-17(16)22-18(23-19)14-8-10-15(26-2)11-9-14/h4-11,21H,3,12-13H2,1-2H3,(H,20,22,23). The van der Waals surface area contributed by atoms with Gasteiger partial charge in [0.15, 0.2) is 5.82 Å². The Morgan fingerprint density at radius 1 is 1.00 bits per heavy atom. The number of hydrogen-bond acceptors (Lipinski definition) is 6. The first kappa shape index (κ1) is 19.1. The fourth-order valence-corrected chi connectivity index (χ4v) is 3.19. The number of nitrogens with zero attached hydrogens (tertiary/aromatic N) is 2. The number of sulfonamides is 1. The maximum atomic E-state index is 11.5. The van der Waals surface area contributed by atoms with Crippen molar-refractivity contribution >= 4 is 26.7 Å². The molecule has 2 aromatic carbocycles. The summed E-state index contributed by atoms with van der Waals surface area (Å²) in [5.41, 5.74) is 1.69. The molecule has 27 heavy (non-hydrogen) atoms. The molecule has 3 aromatic rings. The van der Waals surface area contributed by atoms with Gasteiger partial charge in [0.25, 0.3) is 0 Å². The van der Waals surface area contributed by atoms with Crippen LogP contribution < -0.4 is 14.8 Å². The molecule has 0 bridgehead atoms. The van der Waals surface area contributed by atoms with Crippen molar-refractivity contribution in [1.82, 2.24) is 14.7 Å². The number of rotatable bonds is 8. The Balaban J connectivity index is 1.86. The molecule has 0 radical (unpaired) electrons. The zero-order valence-corrected chi connectivity index (χ0v) is 16.1. The van der Waals surface area contributed by atoms with E-state index in [0.29, 0.717) is 18.2 Å². The lowest BCUT2D eigenvalue weighted by Gasteiger charge is -2.12. The van der Waals surface area contributed by atoms with Gasteiger partial charge in [-0.1, -0.05) is 12.1 Å². The van der Waals surface area contributed by atoms with E-state index in [9.17, 15) is 8.42 Å². The molecule has 142 valence electrons. The summed E-state index contributed by atoms with van der Waals surface area (Å²) in [4.78, 5) is 9.28. The Labute approximate surface area is 158 Å². The molecule has 3 rings (SSSR count). The minimum atomic E-state index is -3.21. The van der Waals surface area contributed by atoms with Gasteiger partial charge >= 0.3 is 0 Å². The van der Waals surface area contributed by atoms with Crippen molar-refractivity contribution < 1.29 is 13.2 Å². The number of ether oxygens (including phenoxy) is 1. The van der Waals surface area contributed by atoms with Gasteiger partial charge in [0.05, 0.1) is 18.4 Å². The highest BCUT2D eigenvalue weighted by atomic mass is 32.2. The number of benzene rings is 2. The van der Waals surface area contributed by atoms with Crippen LogP contribution in [-0.4, -0.2) is 44.3 Å². The minimum absolute atomic E-state index is 0.0606. The highest BCUT2D eigenvalue weighted by Gasteiger charge is 2.10. The van der Waals surface area contributed by atoms with Crippen LogP contribution in [0.3, 0.4) is 0 Å². The van der Waals surface area contributed by atoms with Crippen LogP contribution in [0.1, 0.15) is 6.92 Å². The van der Waals surface area contributed by atoms with E-state index in [0.717, 1.165) is 22.2 Å². The molecule has 1 heterocycles. The molecular weight excluding hydrogens is 364 g/mol. The summed E-state index contributed by atoms with van der Waals surface area (Å²) in [7, 11) is -1.59. The molecule has 8 heteroatoms. The second-order valence-corrected chi connectivity index (χ2v) is 7.96. The number of fused-ring (bicyclic) bond motifs is 1. The number of hydrogen-bond donors (Lipinski definition) is 2. The number of anilines is 1. The number of nitrogens with one attached hydrogen (secondary N) is 2. The van der Waals surface area contributed by atoms with Crippen molar-refractivity contribution in [2.24, 2.45) is 0 Å². The molecule has 7 nitrogen and oxygen atoms in total.